The second-order valence-corrected chi connectivity index (χ2v) is 6.95. The molecule has 2 atom stereocenters. The smallest absolute Gasteiger partial charge is 0.241 e. The van der Waals surface area contributed by atoms with Gasteiger partial charge in [-0.25, -0.2) is 0 Å². The van der Waals surface area contributed by atoms with Crippen molar-refractivity contribution < 1.29 is 4.79 Å². The molecule has 2 unspecified atom stereocenters. The first-order valence-electron chi connectivity index (χ1n) is 7.43. The van der Waals surface area contributed by atoms with Crippen LogP contribution >= 0.6 is 0 Å². The second-order valence-electron chi connectivity index (χ2n) is 6.95. The van der Waals surface area contributed by atoms with Crippen LogP contribution in [0.2, 0.25) is 0 Å². The van der Waals surface area contributed by atoms with Crippen molar-refractivity contribution in [1.82, 2.24) is 15.1 Å². The summed E-state index contributed by atoms with van der Waals surface area (Å²) in [6.45, 7) is 11.6. The number of carbonyl (C=O) groups excluding carboxylic acids is 1. The van der Waals surface area contributed by atoms with Gasteiger partial charge in [-0.2, -0.15) is 0 Å². The fourth-order valence-corrected chi connectivity index (χ4v) is 2.43. The van der Waals surface area contributed by atoms with Crippen LogP contribution in [0.5, 0.6) is 0 Å². The zero-order valence-electron chi connectivity index (χ0n) is 13.7. The molecule has 112 valence electrons. The zero-order chi connectivity index (χ0) is 14.8. The van der Waals surface area contributed by atoms with Crippen LogP contribution in [-0.4, -0.2) is 54.1 Å². The molecule has 1 N–H and O–H groups in total. The summed E-state index contributed by atoms with van der Waals surface area (Å²) in [4.78, 5) is 16.7. The normalized spacial score (nSPS) is 24.9. The average molecular weight is 269 g/mol. The van der Waals surface area contributed by atoms with E-state index in [2.05, 4.69) is 58.9 Å². The quantitative estimate of drug-likeness (QED) is 0.800. The van der Waals surface area contributed by atoms with Crippen molar-refractivity contribution in [1.29, 1.82) is 0 Å². The van der Waals surface area contributed by atoms with Gasteiger partial charge in [-0.05, 0) is 46.7 Å². The summed E-state index contributed by atoms with van der Waals surface area (Å²) in [7, 11) is 4.14. The second kappa shape index (κ2) is 6.23. The number of likely N-dealkylation sites (N-methyl/N-ethyl adjacent to an activating group) is 1. The summed E-state index contributed by atoms with van der Waals surface area (Å²) in [6, 6.07) is 0.00159. The van der Waals surface area contributed by atoms with Gasteiger partial charge in [0, 0.05) is 12.1 Å². The number of nitrogens with one attached hydrogen (secondary N) is 1. The van der Waals surface area contributed by atoms with Gasteiger partial charge in [-0.1, -0.05) is 20.8 Å². The number of nitrogens with zero attached hydrogens (tertiary/aromatic N) is 2. The topological polar surface area (TPSA) is 35.6 Å². The van der Waals surface area contributed by atoms with Gasteiger partial charge in [0.2, 0.25) is 5.91 Å². The van der Waals surface area contributed by atoms with E-state index in [0.717, 1.165) is 19.4 Å². The largest absolute Gasteiger partial charge is 0.324 e. The van der Waals surface area contributed by atoms with E-state index < -0.39 is 0 Å². The van der Waals surface area contributed by atoms with Crippen LogP contribution in [0.15, 0.2) is 0 Å². The number of hydrogen-bond acceptors (Lipinski definition) is 3. The van der Waals surface area contributed by atoms with E-state index in [1.807, 2.05) is 4.90 Å². The Morgan fingerprint density at radius 2 is 1.95 bits per heavy atom. The Bertz CT molecular complexity index is 313. The van der Waals surface area contributed by atoms with E-state index in [1.54, 1.807) is 0 Å². The molecule has 1 heterocycles. The van der Waals surface area contributed by atoms with Crippen molar-refractivity contribution in [2.75, 3.05) is 20.6 Å². The van der Waals surface area contributed by atoms with E-state index in [4.69, 9.17) is 0 Å². The van der Waals surface area contributed by atoms with Gasteiger partial charge >= 0.3 is 0 Å². The van der Waals surface area contributed by atoms with Crippen molar-refractivity contribution >= 4 is 5.91 Å². The molecule has 1 aliphatic heterocycles. The molecule has 0 aliphatic carbocycles. The Hall–Kier alpha value is -0.610. The predicted molar refractivity (Wildman–Crippen MR) is 79.9 cm³/mol. The number of rotatable bonds is 6. The Balaban J connectivity index is 2.83. The van der Waals surface area contributed by atoms with Crippen LogP contribution in [0, 0.1) is 5.92 Å². The Labute approximate surface area is 118 Å². The van der Waals surface area contributed by atoms with Crippen LogP contribution < -0.4 is 5.32 Å². The monoisotopic (exact) mass is 269 g/mol. The van der Waals surface area contributed by atoms with E-state index >= 15 is 0 Å². The lowest BCUT2D eigenvalue weighted by molar-refractivity contribution is -0.131. The molecule has 0 saturated carbocycles. The zero-order valence-corrected chi connectivity index (χ0v) is 13.7. The Kier molecular flexibility index (Phi) is 5.39. The van der Waals surface area contributed by atoms with Crippen molar-refractivity contribution in [3.63, 3.8) is 0 Å². The van der Waals surface area contributed by atoms with Crippen molar-refractivity contribution in [2.24, 2.45) is 5.92 Å². The van der Waals surface area contributed by atoms with Crippen LogP contribution in [-0.2, 0) is 4.79 Å². The third kappa shape index (κ3) is 3.93. The predicted octanol–water partition coefficient (Wildman–Crippen LogP) is 1.91. The van der Waals surface area contributed by atoms with Crippen LogP contribution in [0.25, 0.3) is 0 Å². The van der Waals surface area contributed by atoms with E-state index in [9.17, 15) is 4.79 Å². The highest BCUT2D eigenvalue weighted by Gasteiger charge is 2.40. The molecule has 0 aromatic carbocycles. The standard InChI is InChI=1S/C15H31N3O/c1-8-12-14(19)18(10-15(4,5)17(6)7)13(16-12)9-11(2)3/h11-13,16H,8-10H2,1-7H3. The molecule has 0 aromatic heterocycles. The first-order valence-corrected chi connectivity index (χ1v) is 7.43. The molecular formula is C15H31N3O. The van der Waals surface area contributed by atoms with Crippen molar-refractivity contribution in [2.45, 2.75) is 65.2 Å². The minimum absolute atomic E-state index is 0.00159. The first-order chi connectivity index (χ1) is 8.69. The van der Waals surface area contributed by atoms with E-state index in [-0.39, 0.29) is 23.7 Å². The lowest BCUT2D eigenvalue weighted by Crippen LogP contribution is -2.52. The van der Waals surface area contributed by atoms with Gasteiger partial charge in [-0.3, -0.25) is 10.1 Å². The molecule has 1 rings (SSSR count). The first kappa shape index (κ1) is 16.4. The molecular weight excluding hydrogens is 238 g/mol. The molecule has 4 heteroatoms. The maximum absolute atomic E-state index is 12.5. The Morgan fingerprint density at radius 1 is 1.37 bits per heavy atom. The molecule has 0 aromatic rings. The molecule has 1 aliphatic rings. The maximum Gasteiger partial charge on any atom is 0.241 e. The molecule has 1 fully saturated rings. The number of amides is 1. The minimum Gasteiger partial charge on any atom is -0.324 e. The summed E-state index contributed by atoms with van der Waals surface area (Å²) in [5.74, 6) is 0.856. The van der Waals surface area contributed by atoms with E-state index in [1.165, 1.54) is 0 Å². The summed E-state index contributed by atoms with van der Waals surface area (Å²) in [5.41, 5.74) is -0.00476. The lowest BCUT2D eigenvalue weighted by Gasteiger charge is -2.38. The Morgan fingerprint density at radius 3 is 2.37 bits per heavy atom. The van der Waals surface area contributed by atoms with Gasteiger partial charge in [0.15, 0.2) is 0 Å². The summed E-state index contributed by atoms with van der Waals surface area (Å²) in [5, 5.41) is 3.49. The fourth-order valence-electron chi connectivity index (χ4n) is 2.43. The molecule has 1 amide bonds. The van der Waals surface area contributed by atoms with E-state index in [0.29, 0.717) is 5.92 Å². The molecule has 1 saturated heterocycles. The average Bonchev–Trinajstić information content (AvgIpc) is 2.55. The van der Waals surface area contributed by atoms with Gasteiger partial charge in [0.1, 0.15) is 0 Å². The summed E-state index contributed by atoms with van der Waals surface area (Å²) >= 11 is 0. The van der Waals surface area contributed by atoms with Crippen LogP contribution in [0.1, 0.15) is 47.5 Å². The lowest BCUT2D eigenvalue weighted by atomic mass is 10.0. The van der Waals surface area contributed by atoms with Crippen molar-refractivity contribution in [3.8, 4) is 0 Å². The fraction of sp³-hybridized carbons (Fsp3) is 0.933. The molecule has 0 bridgehead atoms. The number of hydrogen-bond donors (Lipinski definition) is 1. The van der Waals surface area contributed by atoms with Crippen LogP contribution in [0.4, 0.5) is 0 Å². The molecule has 0 spiro atoms. The third-order valence-electron chi connectivity index (χ3n) is 4.22. The van der Waals surface area contributed by atoms with Gasteiger partial charge in [0.05, 0.1) is 12.2 Å². The molecule has 4 nitrogen and oxygen atoms in total. The molecule has 19 heavy (non-hydrogen) atoms. The van der Waals surface area contributed by atoms with Gasteiger partial charge in [0.25, 0.3) is 0 Å². The van der Waals surface area contributed by atoms with Gasteiger partial charge in [-0.15, -0.1) is 0 Å². The highest BCUT2D eigenvalue weighted by molar-refractivity contribution is 5.84. The van der Waals surface area contributed by atoms with Gasteiger partial charge < -0.3 is 9.80 Å². The SMILES string of the molecule is CCC1NC(CC(C)C)N(CC(C)(C)N(C)C)C1=O. The van der Waals surface area contributed by atoms with Crippen molar-refractivity contribution in [3.05, 3.63) is 0 Å². The minimum atomic E-state index is -0.00476. The highest BCUT2D eigenvalue weighted by atomic mass is 16.2. The third-order valence-corrected chi connectivity index (χ3v) is 4.22. The summed E-state index contributed by atoms with van der Waals surface area (Å²) in [6.07, 6.45) is 2.08. The molecule has 0 radical (unpaired) electrons. The number of carbonyl (C=O) groups is 1. The maximum atomic E-state index is 12.5. The highest BCUT2D eigenvalue weighted by Crippen LogP contribution is 2.23. The van der Waals surface area contributed by atoms with Crippen LogP contribution in [0.3, 0.4) is 0 Å². The summed E-state index contributed by atoms with van der Waals surface area (Å²) < 4.78 is 0.